The van der Waals surface area contributed by atoms with Gasteiger partial charge in [0.1, 0.15) is 0 Å². The van der Waals surface area contributed by atoms with Crippen LogP contribution < -0.4 is 14.8 Å². The summed E-state index contributed by atoms with van der Waals surface area (Å²) < 4.78 is 15.7. The van der Waals surface area contributed by atoms with Crippen molar-refractivity contribution in [1.82, 2.24) is 15.5 Å². The van der Waals surface area contributed by atoms with Crippen LogP contribution in [0.5, 0.6) is 11.5 Å². The summed E-state index contributed by atoms with van der Waals surface area (Å²) in [5.74, 6) is 1.36. The zero-order valence-corrected chi connectivity index (χ0v) is 15.9. The van der Waals surface area contributed by atoms with Crippen LogP contribution in [-0.2, 0) is 6.42 Å². The van der Waals surface area contributed by atoms with Gasteiger partial charge in [-0.05, 0) is 36.1 Å². The predicted molar refractivity (Wildman–Crippen MR) is 101 cm³/mol. The van der Waals surface area contributed by atoms with Gasteiger partial charge in [0.2, 0.25) is 0 Å². The summed E-state index contributed by atoms with van der Waals surface area (Å²) in [5, 5.41) is 7.73. The topological polar surface area (TPSA) is 86.5 Å². The maximum absolute atomic E-state index is 12.5. The molecular formula is C20H23N3O4. The second-order valence-electron chi connectivity index (χ2n) is 6.49. The highest BCUT2D eigenvalue weighted by Crippen LogP contribution is 2.27. The van der Waals surface area contributed by atoms with Crippen LogP contribution >= 0.6 is 0 Å². The SMILES string of the molecule is COc1ccc(CCNC(=O)c2cnc3onc(C(C)C)c3c2)cc1OC. The molecule has 0 aliphatic carbocycles. The number of methoxy groups -OCH3 is 2. The van der Waals surface area contributed by atoms with E-state index >= 15 is 0 Å². The number of aromatic nitrogens is 2. The van der Waals surface area contributed by atoms with Gasteiger partial charge >= 0.3 is 0 Å². The highest BCUT2D eigenvalue weighted by atomic mass is 16.5. The first-order valence-corrected chi connectivity index (χ1v) is 8.78. The van der Waals surface area contributed by atoms with Crippen molar-refractivity contribution in [2.24, 2.45) is 0 Å². The third kappa shape index (κ3) is 4.02. The number of benzene rings is 1. The largest absolute Gasteiger partial charge is 0.493 e. The molecule has 0 radical (unpaired) electrons. The van der Waals surface area contributed by atoms with Crippen molar-refractivity contribution in [1.29, 1.82) is 0 Å². The average Bonchev–Trinajstić information content (AvgIpc) is 3.11. The summed E-state index contributed by atoms with van der Waals surface area (Å²) in [5.41, 5.74) is 2.78. The molecule has 27 heavy (non-hydrogen) atoms. The number of fused-ring (bicyclic) bond motifs is 1. The molecule has 142 valence electrons. The molecule has 0 bridgehead atoms. The Hall–Kier alpha value is -3.09. The van der Waals surface area contributed by atoms with E-state index in [4.69, 9.17) is 14.0 Å². The van der Waals surface area contributed by atoms with Crippen LogP contribution in [0.3, 0.4) is 0 Å². The number of carbonyl (C=O) groups excluding carboxylic acids is 1. The Morgan fingerprint density at radius 3 is 2.67 bits per heavy atom. The van der Waals surface area contributed by atoms with Gasteiger partial charge < -0.3 is 19.3 Å². The van der Waals surface area contributed by atoms with Gasteiger partial charge in [-0.1, -0.05) is 25.1 Å². The molecule has 1 N–H and O–H groups in total. The fourth-order valence-electron chi connectivity index (χ4n) is 2.85. The quantitative estimate of drug-likeness (QED) is 0.687. The standard InChI is InChI=1S/C20H23N3O4/c1-12(2)18-15-10-14(11-22-20(15)27-23-18)19(24)21-8-7-13-5-6-16(25-3)17(9-13)26-4/h5-6,9-12H,7-8H2,1-4H3,(H,21,24). The van der Waals surface area contributed by atoms with E-state index in [2.05, 4.69) is 15.5 Å². The Morgan fingerprint density at radius 2 is 1.96 bits per heavy atom. The lowest BCUT2D eigenvalue weighted by Gasteiger charge is -2.10. The first-order valence-electron chi connectivity index (χ1n) is 8.78. The monoisotopic (exact) mass is 369 g/mol. The molecule has 0 fully saturated rings. The van der Waals surface area contributed by atoms with Gasteiger partial charge in [-0.15, -0.1) is 0 Å². The summed E-state index contributed by atoms with van der Waals surface area (Å²) >= 11 is 0. The number of pyridine rings is 1. The molecular weight excluding hydrogens is 346 g/mol. The molecule has 0 saturated heterocycles. The second-order valence-corrected chi connectivity index (χ2v) is 6.49. The van der Waals surface area contributed by atoms with Gasteiger partial charge in [0, 0.05) is 12.7 Å². The van der Waals surface area contributed by atoms with E-state index in [0.717, 1.165) is 16.6 Å². The van der Waals surface area contributed by atoms with Crippen LogP contribution in [0.25, 0.3) is 11.1 Å². The molecule has 0 aliphatic rings. The molecule has 3 aromatic rings. The maximum Gasteiger partial charge on any atom is 0.257 e. The first-order chi connectivity index (χ1) is 13.0. The van der Waals surface area contributed by atoms with Gasteiger partial charge in [0.25, 0.3) is 11.6 Å². The third-order valence-corrected chi connectivity index (χ3v) is 4.31. The van der Waals surface area contributed by atoms with Crippen molar-refractivity contribution in [3.63, 3.8) is 0 Å². The average molecular weight is 369 g/mol. The van der Waals surface area contributed by atoms with E-state index in [1.165, 1.54) is 6.20 Å². The summed E-state index contributed by atoms with van der Waals surface area (Å²) in [6, 6.07) is 7.49. The minimum Gasteiger partial charge on any atom is -0.493 e. The number of ether oxygens (including phenoxy) is 2. The van der Waals surface area contributed by atoms with Crippen LogP contribution in [0.2, 0.25) is 0 Å². The number of nitrogens with one attached hydrogen (secondary N) is 1. The Bertz CT molecular complexity index is 950. The molecule has 7 heteroatoms. The number of nitrogens with zero attached hydrogens (tertiary/aromatic N) is 2. The Morgan fingerprint density at radius 1 is 1.19 bits per heavy atom. The maximum atomic E-state index is 12.5. The molecule has 0 unspecified atom stereocenters. The van der Waals surface area contributed by atoms with Gasteiger partial charge in [0.05, 0.1) is 30.9 Å². The van der Waals surface area contributed by atoms with Crippen molar-refractivity contribution >= 4 is 17.0 Å². The minimum absolute atomic E-state index is 0.180. The van der Waals surface area contributed by atoms with E-state index in [9.17, 15) is 4.79 Å². The van der Waals surface area contributed by atoms with E-state index in [0.29, 0.717) is 35.7 Å². The van der Waals surface area contributed by atoms with E-state index in [1.807, 2.05) is 32.0 Å². The van der Waals surface area contributed by atoms with E-state index in [-0.39, 0.29) is 11.8 Å². The molecule has 0 spiro atoms. The summed E-state index contributed by atoms with van der Waals surface area (Å²) in [4.78, 5) is 16.7. The molecule has 0 atom stereocenters. The fourth-order valence-corrected chi connectivity index (χ4v) is 2.85. The fraction of sp³-hybridized carbons (Fsp3) is 0.350. The van der Waals surface area contributed by atoms with Crippen molar-refractivity contribution < 1.29 is 18.8 Å². The zero-order valence-electron chi connectivity index (χ0n) is 15.9. The van der Waals surface area contributed by atoms with E-state index in [1.54, 1.807) is 20.3 Å². The normalized spacial score (nSPS) is 11.0. The number of carbonyl (C=O) groups is 1. The third-order valence-electron chi connectivity index (χ3n) is 4.31. The lowest BCUT2D eigenvalue weighted by atomic mass is 10.1. The number of amides is 1. The van der Waals surface area contributed by atoms with Gasteiger partial charge in [-0.25, -0.2) is 4.98 Å². The van der Waals surface area contributed by atoms with Crippen LogP contribution in [0.4, 0.5) is 0 Å². The Labute approximate surface area is 157 Å². The highest BCUT2D eigenvalue weighted by molar-refractivity contribution is 5.97. The van der Waals surface area contributed by atoms with E-state index < -0.39 is 0 Å². The molecule has 1 amide bonds. The molecule has 7 nitrogen and oxygen atoms in total. The van der Waals surface area contributed by atoms with Gasteiger partial charge in [-0.2, -0.15) is 0 Å². The molecule has 1 aromatic carbocycles. The summed E-state index contributed by atoms with van der Waals surface area (Å²) in [7, 11) is 3.20. The molecule has 2 aromatic heterocycles. The van der Waals surface area contributed by atoms with Crippen molar-refractivity contribution in [3.8, 4) is 11.5 Å². The number of rotatable bonds is 7. The van der Waals surface area contributed by atoms with Crippen LogP contribution in [0.1, 0.15) is 41.4 Å². The second kappa shape index (κ2) is 8.07. The van der Waals surface area contributed by atoms with Crippen molar-refractivity contribution in [2.45, 2.75) is 26.2 Å². The van der Waals surface area contributed by atoms with Crippen LogP contribution in [0, 0.1) is 0 Å². The summed E-state index contributed by atoms with van der Waals surface area (Å²) in [6.45, 7) is 4.54. The number of hydrogen-bond donors (Lipinski definition) is 1. The molecule has 3 rings (SSSR count). The van der Waals surface area contributed by atoms with Crippen LogP contribution in [0.15, 0.2) is 35.0 Å². The lowest BCUT2D eigenvalue weighted by Crippen LogP contribution is -2.25. The summed E-state index contributed by atoms with van der Waals surface area (Å²) in [6.07, 6.45) is 2.18. The predicted octanol–water partition coefficient (Wildman–Crippen LogP) is 3.34. The highest BCUT2D eigenvalue weighted by Gasteiger charge is 2.15. The van der Waals surface area contributed by atoms with Gasteiger partial charge in [-0.3, -0.25) is 4.79 Å². The molecule has 0 saturated carbocycles. The molecule has 0 aliphatic heterocycles. The Balaban J connectivity index is 1.66. The first kappa shape index (κ1) is 18.7. The van der Waals surface area contributed by atoms with Crippen LogP contribution in [-0.4, -0.2) is 36.8 Å². The minimum atomic E-state index is -0.180. The van der Waals surface area contributed by atoms with Crippen molar-refractivity contribution in [3.05, 3.63) is 47.3 Å². The smallest absolute Gasteiger partial charge is 0.257 e. The van der Waals surface area contributed by atoms with Crippen molar-refractivity contribution in [2.75, 3.05) is 20.8 Å². The van der Waals surface area contributed by atoms with Gasteiger partial charge in [0.15, 0.2) is 11.5 Å². The Kier molecular flexibility index (Phi) is 5.59. The lowest BCUT2D eigenvalue weighted by molar-refractivity contribution is 0.0954. The number of hydrogen-bond acceptors (Lipinski definition) is 6. The zero-order chi connectivity index (χ0) is 19.4. The molecule has 2 heterocycles.